The second kappa shape index (κ2) is 6.99. The molecule has 1 aromatic carbocycles. The number of rotatable bonds is 5. The van der Waals surface area contributed by atoms with E-state index in [-0.39, 0.29) is 5.91 Å². The Morgan fingerprint density at radius 3 is 2.86 bits per heavy atom. The summed E-state index contributed by atoms with van der Waals surface area (Å²) in [4.78, 5) is 24.9. The molecule has 3 N–H and O–H groups in total. The quantitative estimate of drug-likeness (QED) is 0.497. The highest BCUT2D eigenvalue weighted by molar-refractivity contribution is 6.07. The highest BCUT2D eigenvalue weighted by atomic mass is 16.1. The zero-order chi connectivity index (χ0) is 19.8. The first kappa shape index (κ1) is 18.0. The molecule has 0 aliphatic carbocycles. The van der Waals surface area contributed by atoms with Crippen molar-refractivity contribution in [1.82, 2.24) is 24.8 Å². The summed E-state index contributed by atoms with van der Waals surface area (Å²) in [6.45, 7) is 4.81. The molecule has 0 radical (unpaired) electrons. The van der Waals surface area contributed by atoms with Gasteiger partial charge in [0.2, 0.25) is 0 Å². The number of carbonyl (C=O) groups is 1. The number of hydrogen-bond donors (Lipinski definition) is 3. The molecule has 1 amide bonds. The molecule has 28 heavy (non-hydrogen) atoms. The molecule has 7 nitrogen and oxygen atoms in total. The van der Waals surface area contributed by atoms with Crippen LogP contribution in [0.25, 0.3) is 33.3 Å². The van der Waals surface area contributed by atoms with Gasteiger partial charge in [-0.2, -0.15) is 0 Å². The number of nitrogens with one attached hydrogen (secondary N) is 3. The number of imidazole rings is 1. The molecule has 0 atom stereocenters. The van der Waals surface area contributed by atoms with E-state index in [9.17, 15) is 4.79 Å². The number of H-pyrrole nitrogens is 1. The minimum atomic E-state index is -0.0590. The SMILES string of the molecule is CNc1nc2[nH]c(-c3cccc(C(=O)NCC(C)C)c3)cc2c2c1ncn2C. The Kier molecular flexibility index (Phi) is 4.50. The number of hydrogen-bond acceptors (Lipinski definition) is 4. The predicted octanol–water partition coefficient (Wildman–Crippen LogP) is 3.54. The molecule has 4 aromatic rings. The fraction of sp³-hybridized carbons (Fsp3) is 0.286. The van der Waals surface area contributed by atoms with Gasteiger partial charge in [0, 0.05) is 37.3 Å². The van der Waals surface area contributed by atoms with E-state index in [0.717, 1.165) is 39.1 Å². The highest BCUT2D eigenvalue weighted by Gasteiger charge is 2.15. The Labute approximate surface area is 163 Å². The molecule has 0 saturated carbocycles. The monoisotopic (exact) mass is 376 g/mol. The van der Waals surface area contributed by atoms with Crippen molar-refractivity contribution >= 4 is 33.8 Å². The van der Waals surface area contributed by atoms with E-state index in [1.807, 2.05) is 42.9 Å². The molecule has 144 valence electrons. The molecule has 4 rings (SSSR count). The van der Waals surface area contributed by atoms with Crippen molar-refractivity contribution in [3.8, 4) is 11.3 Å². The van der Waals surface area contributed by atoms with Crippen LogP contribution < -0.4 is 10.6 Å². The number of benzene rings is 1. The number of fused-ring (bicyclic) bond motifs is 3. The van der Waals surface area contributed by atoms with Crippen LogP contribution in [0.5, 0.6) is 0 Å². The fourth-order valence-electron chi connectivity index (χ4n) is 3.35. The van der Waals surface area contributed by atoms with Crippen molar-refractivity contribution in [2.24, 2.45) is 13.0 Å². The van der Waals surface area contributed by atoms with E-state index < -0.39 is 0 Å². The Bertz CT molecular complexity index is 1170. The normalized spacial score (nSPS) is 11.5. The van der Waals surface area contributed by atoms with Crippen LogP contribution in [0, 0.1) is 5.92 Å². The average Bonchev–Trinajstić information content (AvgIpc) is 3.29. The van der Waals surface area contributed by atoms with Gasteiger partial charge in [0.25, 0.3) is 5.91 Å². The minimum Gasteiger partial charge on any atom is -0.371 e. The van der Waals surface area contributed by atoms with E-state index in [1.165, 1.54) is 0 Å². The lowest BCUT2D eigenvalue weighted by atomic mass is 10.1. The van der Waals surface area contributed by atoms with Gasteiger partial charge in [-0.1, -0.05) is 26.0 Å². The van der Waals surface area contributed by atoms with Gasteiger partial charge in [-0.25, -0.2) is 9.97 Å². The lowest BCUT2D eigenvalue weighted by Crippen LogP contribution is -2.27. The van der Waals surface area contributed by atoms with Crippen molar-refractivity contribution in [2.45, 2.75) is 13.8 Å². The molecule has 0 spiro atoms. The zero-order valence-corrected chi connectivity index (χ0v) is 16.5. The number of aryl methyl sites for hydroxylation is 1. The van der Waals surface area contributed by atoms with E-state index in [1.54, 1.807) is 6.33 Å². The molecule has 7 heteroatoms. The molecule has 0 aliphatic rings. The first-order chi connectivity index (χ1) is 13.5. The number of aromatic nitrogens is 4. The second-order valence-corrected chi connectivity index (χ2v) is 7.39. The van der Waals surface area contributed by atoms with Gasteiger partial charge in [0.1, 0.15) is 11.2 Å². The molecule has 0 bridgehead atoms. The Morgan fingerprint density at radius 1 is 1.29 bits per heavy atom. The van der Waals surface area contributed by atoms with E-state index in [0.29, 0.717) is 18.0 Å². The number of carbonyl (C=O) groups excluding carboxylic acids is 1. The van der Waals surface area contributed by atoms with Gasteiger partial charge in [0.15, 0.2) is 5.82 Å². The number of pyridine rings is 1. The lowest BCUT2D eigenvalue weighted by molar-refractivity contribution is 0.0949. The smallest absolute Gasteiger partial charge is 0.251 e. The fourth-order valence-corrected chi connectivity index (χ4v) is 3.35. The summed E-state index contributed by atoms with van der Waals surface area (Å²) in [5.74, 6) is 1.09. The van der Waals surface area contributed by atoms with Gasteiger partial charge < -0.3 is 20.2 Å². The molecule has 3 aromatic heterocycles. The summed E-state index contributed by atoms with van der Waals surface area (Å²) in [5.41, 5.74) is 5.14. The van der Waals surface area contributed by atoms with Crippen molar-refractivity contribution in [1.29, 1.82) is 0 Å². The van der Waals surface area contributed by atoms with Crippen LogP contribution >= 0.6 is 0 Å². The number of aromatic amines is 1. The van der Waals surface area contributed by atoms with Crippen molar-refractivity contribution in [3.05, 3.63) is 42.2 Å². The van der Waals surface area contributed by atoms with E-state index in [4.69, 9.17) is 0 Å². The largest absolute Gasteiger partial charge is 0.371 e. The maximum absolute atomic E-state index is 12.4. The molecule has 0 saturated heterocycles. The van der Waals surface area contributed by atoms with Crippen molar-refractivity contribution in [2.75, 3.05) is 18.9 Å². The van der Waals surface area contributed by atoms with Crippen molar-refractivity contribution < 1.29 is 4.79 Å². The van der Waals surface area contributed by atoms with Crippen LogP contribution in [-0.2, 0) is 7.05 Å². The summed E-state index contributed by atoms with van der Waals surface area (Å²) < 4.78 is 1.99. The second-order valence-electron chi connectivity index (χ2n) is 7.39. The predicted molar refractivity (Wildman–Crippen MR) is 113 cm³/mol. The van der Waals surface area contributed by atoms with Crippen LogP contribution in [0.15, 0.2) is 36.7 Å². The van der Waals surface area contributed by atoms with E-state index >= 15 is 0 Å². The Balaban J connectivity index is 1.78. The van der Waals surface area contributed by atoms with Crippen LogP contribution in [0.4, 0.5) is 5.82 Å². The van der Waals surface area contributed by atoms with Gasteiger partial charge in [-0.05, 0) is 29.7 Å². The van der Waals surface area contributed by atoms with E-state index in [2.05, 4.69) is 45.5 Å². The molecule has 0 fully saturated rings. The van der Waals surface area contributed by atoms with Gasteiger partial charge >= 0.3 is 0 Å². The first-order valence-corrected chi connectivity index (χ1v) is 9.38. The third-order valence-corrected chi connectivity index (χ3v) is 4.78. The summed E-state index contributed by atoms with van der Waals surface area (Å²) in [6.07, 6.45) is 1.79. The van der Waals surface area contributed by atoms with Crippen LogP contribution in [0.3, 0.4) is 0 Å². The summed E-state index contributed by atoms with van der Waals surface area (Å²) >= 11 is 0. The topological polar surface area (TPSA) is 87.6 Å². The molecular formula is C21H24N6O. The van der Waals surface area contributed by atoms with Gasteiger partial charge in [0.05, 0.1) is 11.8 Å². The minimum absolute atomic E-state index is 0.0590. The highest BCUT2D eigenvalue weighted by Crippen LogP contribution is 2.31. The number of anilines is 1. The zero-order valence-electron chi connectivity index (χ0n) is 16.5. The van der Waals surface area contributed by atoms with Crippen molar-refractivity contribution in [3.63, 3.8) is 0 Å². The third-order valence-electron chi connectivity index (χ3n) is 4.78. The maximum atomic E-state index is 12.4. The van der Waals surface area contributed by atoms with Gasteiger partial charge in [-0.3, -0.25) is 4.79 Å². The molecule has 3 heterocycles. The van der Waals surface area contributed by atoms with Crippen LogP contribution in [-0.4, -0.2) is 39.0 Å². The summed E-state index contributed by atoms with van der Waals surface area (Å²) in [5, 5.41) is 7.08. The molecule has 0 unspecified atom stereocenters. The van der Waals surface area contributed by atoms with Gasteiger partial charge in [-0.15, -0.1) is 0 Å². The maximum Gasteiger partial charge on any atom is 0.251 e. The lowest BCUT2D eigenvalue weighted by Gasteiger charge is -2.08. The summed E-state index contributed by atoms with van der Waals surface area (Å²) in [6, 6.07) is 9.69. The number of amides is 1. The Morgan fingerprint density at radius 2 is 2.11 bits per heavy atom. The van der Waals surface area contributed by atoms with Crippen LogP contribution in [0.1, 0.15) is 24.2 Å². The third kappa shape index (κ3) is 3.09. The Hall–Kier alpha value is -3.35. The standard InChI is InChI=1S/C21H24N6O/c1-12(2)10-23-21(28)14-7-5-6-13(8-14)16-9-15-18-17(24-11-27(18)4)20(22-3)26-19(15)25-16/h5-9,11-12H,10H2,1-4H3,(H,23,28)(H2,22,25,26). The molecular weight excluding hydrogens is 352 g/mol. The van der Waals surface area contributed by atoms with Crippen LogP contribution in [0.2, 0.25) is 0 Å². The molecule has 0 aliphatic heterocycles. The first-order valence-electron chi connectivity index (χ1n) is 9.38. The number of nitrogens with zero attached hydrogens (tertiary/aromatic N) is 3. The summed E-state index contributed by atoms with van der Waals surface area (Å²) in [7, 11) is 3.81. The average molecular weight is 376 g/mol.